The lowest BCUT2D eigenvalue weighted by Gasteiger charge is -2.31. The fraction of sp³-hybridized carbons (Fsp3) is 0.562. The molecule has 1 aromatic rings. The summed E-state index contributed by atoms with van der Waals surface area (Å²) < 4.78 is 5.82. The minimum atomic E-state index is -0.779. The van der Waals surface area contributed by atoms with E-state index >= 15 is 0 Å². The quantitative estimate of drug-likeness (QED) is 0.818. The molecule has 0 amide bonds. The van der Waals surface area contributed by atoms with Gasteiger partial charge in [-0.25, -0.2) is 0 Å². The van der Waals surface area contributed by atoms with Gasteiger partial charge in [-0.05, 0) is 32.8 Å². The number of rotatable bonds is 7. The van der Waals surface area contributed by atoms with E-state index in [0.29, 0.717) is 6.61 Å². The van der Waals surface area contributed by atoms with Crippen molar-refractivity contribution in [2.45, 2.75) is 51.8 Å². The van der Waals surface area contributed by atoms with Gasteiger partial charge < -0.3 is 4.74 Å². The summed E-state index contributed by atoms with van der Waals surface area (Å²) in [7, 11) is 0. The molecule has 0 saturated heterocycles. The third-order valence-electron chi connectivity index (χ3n) is 3.15. The van der Waals surface area contributed by atoms with E-state index in [1.807, 2.05) is 51.1 Å². The molecule has 1 rings (SSSR count). The van der Waals surface area contributed by atoms with Crippen molar-refractivity contribution >= 4 is 0 Å². The van der Waals surface area contributed by atoms with E-state index in [1.165, 1.54) is 0 Å². The Labute approximate surface area is 116 Å². The smallest absolute Gasteiger partial charge is 0.156 e. The van der Waals surface area contributed by atoms with Gasteiger partial charge in [0.1, 0.15) is 0 Å². The van der Waals surface area contributed by atoms with Crippen LogP contribution < -0.4 is 5.32 Å². The first-order valence-electron chi connectivity index (χ1n) is 6.90. The molecule has 2 unspecified atom stereocenters. The maximum atomic E-state index is 9.67. The summed E-state index contributed by atoms with van der Waals surface area (Å²) >= 11 is 0. The highest BCUT2D eigenvalue weighted by Gasteiger charge is 2.33. The molecule has 0 saturated carbocycles. The molecule has 104 valence electrons. The number of nitrogens with zero attached hydrogens (tertiary/aromatic N) is 1. The van der Waals surface area contributed by atoms with E-state index in [4.69, 9.17) is 4.74 Å². The molecule has 0 fully saturated rings. The van der Waals surface area contributed by atoms with Gasteiger partial charge in [-0.2, -0.15) is 5.26 Å². The van der Waals surface area contributed by atoms with Gasteiger partial charge in [0, 0.05) is 6.04 Å². The first kappa shape index (κ1) is 15.7. The monoisotopic (exact) mass is 260 g/mol. The molecule has 1 N–H and O–H groups in total. The highest BCUT2D eigenvalue weighted by atomic mass is 16.5. The predicted molar refractivity (Wildman–Crippen MR) is 77.7 cm³/mol. The molecule has 0 aliphatic rings. The highest BCUT2D eigenvalue weighted by molar-refractivity contribution is 5.31. The van der Waals surface area contributed by atoms with Gasteiger partial charge in [-0.3, -0.25) is 5.32 Å². The Morgan fingerprint density at radius 1 is 1.26 bits per heavy atom. The van der Waals surface area contributed by atoms with E-state index in [-0.39, 0.29) is 12.1 Å². The summed E-state index contributed by atoms with van der Waals surface area (Å²) in [4.78, 5) is 0. The first-order chi connectivity index (χ1) is 9.04. The average Bonchev–Trinajstić information content (AvgIpc) is 2.43. The molecule has 0 heterocycles. The second-order valence-corrected chi connectivity index (χ2v) is 5.21. The van der Waals surface area contributed by atoms with Crippen molar-refractivity contribution in [3.05, 3.63) is 35.9 Å². The number of nitriles is 1. The minimum absolute atomic E-state index is 0.158. The number of hydrogen-bond acceptors (Lipinski definition) is 3. The Morgan fingerprint density at radius 3 is 2.37 bits per heavy atom. The van der Waals surface area contributed by atoms with E-state index in [0.717, 1.165) is 12.0 Å². The molecule has 0 aliphatic heterocycles. The molecule has 0 spiro atoms. The van der Waals surface area contributed by atoms with Crippen LogP contribution in [-0.4, -0.2) is 18.8 Å². The van der Waals surface area contributed by atoms with Crippen molar-refractivity contribution in [1.29, 1.82) is 5.26 Å². The molecule has 0 aromatic heterocycles. The lowest BCUT2D eigenvalue weighted by atomic mass is 9.91. The van der Waals surface area contributed by atoms with Gasteiger partial charge in [0.15, 0.2) is 5.54 Å². The summed E-state index contributed by atoms with van der Waals surface area (Å²) in [6.45, 7) is 8.55. The third-order valence-corrected chi connectivity index (χ3v) is 3.15. The van der Waals surface area contributed by atoms with E-state index in [9.17, 15) is 5.26 Å². The molecule has 0 bridgehead atoms. The van der Waals surface area contributed by atoms with Crippen molar-refractivity contribution in [3.8, 4) is 6.07 Å². The largest absolute Gasteiger partial charge is 0.375 e. The number of hydrogen-bond donors (Lipinski definition) is 1. The van der Waals surface area contributed by atoms with E-state index in [1.54, 1.807) is 0 Å². The highest BCUT2D eigenvalue weighted by Crippen LogP contribution is 2.22. The zero-order chi connectivity index (χ0) is 14.3. The van der Waals surface area contributed by atoms with Crippen LogP contribution in [0.3, 0.4) is 0 Å². The second kappa shape index (κ2) is 7.28. The molecule has 0 aliphatic carbocycles. The summed E-state index contributed by atoms with van der Waals surface area (Å²) in [5.74, 6) is 0. The Bertz CT molecular complexity index is 411. The van der Waals surface area contributed by atoms with Crippen LogP contribution in [0, 0.1) is 11.3 Å². The predicted octanol–water partition coefficient (Wildman–Crippen LogP) is 3.22. The average molecular weight is 260 g/mol. The molecular formula is C16H24N2O. The van der Waals surface area contributed by atoms with Crippen molar-refractivity contribution in [2.24, 2.45) is 0 Å². The van der Waals surface area contributed by atoms with Crippen LogP contribution in [0.4, 0.5) is 0 Å². The summed E-state index contributed by atoms with van der Waals surface area (Å²) in [6, 6.07) is 12.4. The van der Waals surface area contributed by atoms with Gasteiger partial charge in [-0.1, -0.05) is 37.3 Å². The van der Waals surface area contributed by atoms with Crippen LogP contribution in [0.5, 0.6) is 0 Å². The van der Waals surface area contributed by atoms with Gasteiger partial charge in [0.25, 0.3) is 0 Å². The van der Waals surface area contributed by atoms with Gasteiger partial charge in [-0.15, -0.1) is 0 Å². The number of nitrogens with one attached hydrogen (secondary N) is 1. The molecule has 19 heavy (non-hydrogen) atoms. The van der Waals surface area contributed by atoms with E-state index < -0.39 is 5.54 Å². The number of ether oxygens (including phenoxy) is 1. The van der Waals surface area contributed by atoms with Crippen LogP contribution in [0.25, 0.3) is 0 Å². The van der Waals surface area contributed by atoms with Crippen molar-refractivity contribution in [2.75, 3.05) is 6.61 Å². The maximum Gasteiger partial charge on any atom is 0.156 e. The molecular weight excluding hydrogens is 236 g/mol. The minimum Gasteiger partial charge on any atom is -0.375 e. The van der Waals surface area contributed by atoms with Crippen LogP contribution in [-0.2, 0) is 10.3 Å². The van der Waals surface area contributed by atoms with Crippen LogP contribution in [0.1, 0.15) is 39.7 Å². The number of benzene rings is 1. The normalized spacial score (nSPS) is 15.8. The SMILES string of the molecule is CCC(C)OCC(C#N)(NC(C)C)c1ccccc1. The molecule has 2 atom stereocenters. The lowest BCUT2D eigenvalue weighted by molar-refractivity contribution is 0.0286. The summed E-state index contributed by atoms with van der Waals surface area (Å²) in [5.41, 5.74) is 0.174. The lowest BCUT2D eigenvalue weighted by Crippen LogP contribution is -2.49. The Morgan fingerprint density at radius 2 is 1.89 bits per heavy atom. The van der Waals surface area contributed by atoms with Crippen LogP contribution >= 0.6 is 0 Å². The first-order valence-corrected chi connectivity index (χ1v) is 6.90. The Balaban J connectivity index is 2.99. The standard InChI is InChI=1S/C16H24N2O/c1-5-14(4)19-12-16(11-17,18-13(2)3)15-9-7-6-8-10-15/h6-10,13-14,18H,5,12H2,1-4H3. The zero-order valence-corrected chi connectivity index (χ0v) is 12.3. The second-order valence-electron chi connectivity index (χ2n) is 5.21. The molecule has 1 aromatic carbocycles. The van der Waals surface area contributed by atoms with Crippen molar-refractivity contribution in [1.82, 2.24) is 5.32 Å². The van der Waals surface area contributed by atoms with E-state index in [2.05, 4.69) is 18.3 Å². The fourth-order valence-electron chi connectivity index (χ4n) is 1.94. The topological polar surface area (TPSA) is 45.0 Å². The summed E-state index contributed by atoms with van der Waals surface area (Å²) in [6.07, 6.45) is 1.10. The fourth-order valence-corrected chi connectivity index (χ4v) is 1.94. The molecule has 0 radical (unpaired) electrons. The van der Waals surface area contributed by atoms with Crippen LogP contribution in [0.2, 0.25) is 0 Å². The van der Waals surface area contributed by atoms with Gasteiger partial charge >= 0.3 is 0 Å². The molecule has 3 heteroatoms. The van der Waals surface area contributed by atoms with Crippen molar-refractivity contribution in [3.63, 3.8) is 0 Å². The maximum absolute atomic E-state index is 9.67. The van der Waals surface area contributed by atoms with Crippen LogP contribution in [0.15, 0.2) is 30.3 Å². The van der Waals surface area contributed by atoms with Gasteiger partial charge in [0.05, 0.1) is 18.8 Å². The van der Waals surface area contributed by atoms with Gasteiger partial charge in [0.2, 0.25) is 0 Å². The Hall–Kier alpha value is -1.37. The molecule has 3 nitrogen and oxygen atoms in total. The van der Waals surface area contributed by atoms with Crippen molar-refractivity contribution < 1.29 is 4.74 Å². The summed E-state index contributed by atoms with van der Waals surface area (Å²) in [5, 5.41) is 13.0. The third kappa shape index (κ3) is 4.34. The zero-order valence-electron chi connectivity index (χ0n) is 12.3. The Kier molecular flexibility index (Phi) is 6.01.